The smallest absolute Gasteiger partial charge is 0.255 e. The number of rotatable bonds is 6. The molecule has 0 bridgehead atoms. The van der Waals surface area contributed by atoms with Gasteiger partial charge in [0.15, 0.2) is 0 Å². The van der Waals surface area contributed by atoms with Crippen molar-refractivity contribution < 1.29 is 14.0 Å². The molecule has 1 atom stereocenters. The summed E-state index contributed by atoms with van der Waals surface area (Å²) in [5.41, 5.74) is 1.24. The number of nitrogens with one attached hydrogen (secondary N) is 3. The number of anilines is 1. The molecular weight excluding hydrogens is 383 g/mol. The maximum Gasteiger partial charge on any atom is 0.255 e. The van der Waals surface area contributed by atoms with E-state index in [1.165, 1.54) is 12.1 Å². The predicted octanol–water partition coefficient (Wildman–Crippen LogP) is 3.49. The number of carbonyl (C=O) groups is 2. The molecule has 0 saturated carbocycles. The van der Waals surface area contributed by atoms with Crippen molar-refractivity contribution >= 4 is 29.1 Å². The third kappa shape index (κ3) is 4.91. The van der Waals surface area contributed by atoms with Gasteiger partial charge >= 0.3 is 0 Å². The molecule has 2 heterocycles. The fourth-order valence-electron chi connectivity index (χ4n) is 3.21. The van der Waals surface area contributed by atoms with Gasteiger partial charge in [0, 0.05) is 37.1 Å². The molecule has 150 valence electrons. The Morgan fingerprint density at radius 3 is 2.86 bits per heavy atom. The predicted molar refractivity (Wildman–Crippen MR) is 108 cm³/mol. The number of amides is 2. The van der Waals surface area contributed by atoms with Crippen molar-refractivity contribution in [3.8, 4) is 5.69 Å². The highest BCUT2D eigenvalue weighted by Gasteiger charge is 2.21. The standard InChI is InChI=1S/C20H24ClFN4O2/c1-2-4-19(27)25-18-12-26(14-6-7-16(21)17(22)9-14)11-15(18)20(28)24-13-5-3-8-23-10-13/h6-7,9,11-13,23H,2-5,8,10H2,1H3,(H,24,28)(H,25,27)/t13-/m0/s1. The monoisotopic (exact) mass is 406 g/mol. The van der Waals surface area contributed by atoms with E-state index in [1.807, 2.05) is 6.92 Å². The van der Waals surface area contributed by atoms with Gasteiger partial charge in [0.05, 0.1) is 16.3 Å². The maximum absolute atomic E-state index is 13.8. The molecule has 0 aliphatic carbocycles. The molecule has 28 heavy (non-hydrogen) atoms. The lowest BCUT2D eigenvalue weighted by Gasteiger charge is -2.23. The summed E-state index contributed by atoms with van der Waals surface area (Å²) in [4.78, 5) is 24.9. The van der Waals surface area contributed by atoms with Crippen LogP contribution in [0.1, 0.15) is 43.0 Å². The van der Waals surface area contributed by atoms with Crippen molar-refractivity contribution in [3.05, 3.63) is 47.0 Å². The molecule has 2 aromatic rings. The van der Waals surface area contributed by atoms with Crippen LogP contribution in [0.3, 0.4) is 0 Å². The van der Waals surface area contributed by atoms with Crippen molar-refractivity contribution in [3.63, 3.8) is 0 Å². The number of hydrogen-bond donors (Lipinski definition) is 3. The van der Waals surface area contributed by atoms with Crippen LogP contribution in [0.15, 0.2) is 30.6 Å². The molecular formula is C20H24ClFN4O2. The van der Waals surface area contributed by atoms with Gasteiger partial charge in [0.25, 0.3) is 5.91 Å². The summed E-state index contributed by atoms with van der Waals surface area (Å²) in [6.45, 7) is 3.57. The lowest BCUT2D eigenvalue weighted by Crippen LogP contribution is -2.45. The SMILES string of the molecule is CCCC(=O)Nc1cn(-c2ccc(Cl)c(F)c2)cc1C(=O)N[C@H]1CCCNC1. The van der Waals surface area contributed by atoms with E-state index < -0.39 is 5.82 Å². The van der Waals surface area contributed by atoms with E-state index in [2.05, 4.69) is 16.0 Å². The minimum absolute atomic E-state index is 0.0233. The molecule has 3 rings (SSSR count). The Kier molecular flexibility index (Phi) is 6.70. The zero-order chi connectivity index (χ0) is 20.1. The fourth-order valence-corrected chi connectivity index (χ4v) is 3.33. The van der Waals surface area contributed by atoms with E-state index in [4.69, 9.17) is 11.6 Å². The molecule has 1 aliphatic heterocycles. The second kappa shape index (κ2) is 9.21. The summed E-state index contributed by atoms with van der Waals surface area (Å²) in [5.74, 6) is -0.992. The Morgan fingerprint density at radius 2 is 2.18 bits per heavy atom. The zero-order valence-corrected chi connectivity index (χ0v) is 16.5. The van der Waals surface area contributed by atoms with Crippen LogP contribution in [0.25, 0.3) is 5.69 Å². The van der Waals surface area contributed by atoms with E-state index in [9.17, 15) is 14.0 Å². The van der Waals surface area contributed by atoms with Crippen LogP contribution < -0.4 is 16.0 Å². The van der Waals surface area contributed by atoms with E-state index in [1.54, 1.807) is 23.0 Å². The van der Waals surface area contributed by atoms with Crippen LogP contribution in [0.2, 0.25) is 5.02 Å². The molecule has 1 aliphatic rings. The summed E-state index contributed by atoms with van der Waals surface area (Å²) in [6, 6.07) is 4.43. The molecule has 1 fully saturated rings. The molecule has 3 N–H and O–H groups in total. The van der Waals surface area contributed by atoms with Gasteiger partial charge in [-0.25, -0.2) is 4.39 Å². The summed E-state index contributed by atoms with van der Waals surface area (Å²) in [6.07, 6.45) is 6.16. The van der Waals surface area contributed by atoms with Crippen molar-refractivity contribution in [2.24, 2.45) is 0 Å². The van der Waals surface area contributed by atoms with Crippen LogP contribution in [-0.2, 0) is 4.79 Å². The van der Waals surface area contributed by atoms with Gasteiger partial charge in [-0.3, -0.25) is 9.59 Å². The lowest BCUT2D eigenvalue weighted by molar-refractivity contribution is -0.116. The summed E-state index contributed by atoms with van der Waals surface area (Å²) in [7, 11) is 0. The minimum atomic E-state index is -0.552. The van der Waals surface area contributed by atoms with Gasteiger partial charge in [0.1, 0.15) is 5.82 Å². The second-order valence-electron chi connectivity index (χ2n) is 6.91. The molecule has 1 aromatic carbocycles. The van der Waals surface area contributed by atoms with Gasteiger partial charge < -0.3 is 20.5 Å². The van der Waals surface area contributed by atoms with E-state index >= 15 is 0 Å². The van der Waals surface area contributed by atoms with Crippen LogP contribution >= 0.6 is 11.6 Å². The molecule has 2 amide bonds. The first-order chi connectivity index (χ1) is 13.5. The molecule has 1 aromatic heterocycles. The highest BCUT2D eigenvalue weighted by molar-refractivity contribution is 6.30. The molecule has 6 nitrogen and oxygen atoms in total. The number of carbonyl (C=O) groups excluding carboxylic acids is 2. The highest BCUT2D eigenvalue weighted by atomic mass is 35.5. The number of benzene rings is 1. The van der Waals surface area contributed by atoms with Gasteiger partial charge in [0.2, 0.25) is 5.91 Å². The topological polar surface area (TPSA) is 75.2 Å². The third-order valence-electron chi connectivity index (χ3n) is 4.66. The van der Waals surface area contributed by atoms with E-state index in [0.717, 1.165) is 19.4 Å². The highest BCUT2D eigenvalue weighted by Crippen LogP contribution is 2.24. The Hall–Kier alpha value is -2.38. The molecule has 8 heteroatoms. The first-order valence-electron chi connectivity index (χ1n) is 9.46. The second-order valence-corrected chi connectivity index (χ2v) is 7.31. The van der Waals surface area contributed by atoms with E-state index in [0.29, 0.717) is 36.3 Å². The van der Waals surface area contributed by atoms with Gasteiger partial charge in [-0.15, -0.1) is 0 Å². The largest absolute Gasteiger partial charge is 0.348 e. The van der Waals surface area contributed by atoms with Crippen LogP contribution in [0.5, 0.6) is 0 Å². The van der Waals surface area contributed by atoms with Gasteiger partial charge in [-0.05, 0) is 44.0 Å². The van der Waals surface area contributed by atoms with Crippen LogP contribution in [0.4, 0.5) is 10.1 Å². The molecule has 1 saturated heterocycles. The van der Waals surface area contributed by atoms with Crippen molar-refractivity contribution in [1.29, 1.82) is 0 Å². The molecule has 0 radical (unpaired) electrons. The Morgan fingerprint density at radius 1 is 1.36 bits per heavy atom. The quantitative estimate of drug-likeness (QED) is 0.687. The van der Waals surface area contributed by atoms with Crippen molar-refractivity contribution in [2.75, 3.05) is 18.4 Å². The Bertz CT molecular complexity index is 862. The summed E-state index contributed by atoms with van der Waals surface area (Å²) < 4.78 is 15.5. The number of hydrogen-bond acceptors (Lipinski definition) is 3. The summed E-state index contributed by atoms with van der Waals surface area (Å²) >= 11 is 5.76. The normalized spacial score (nSPS) is 16.6. The van der Waals surface area contributed by atoms with E-state index in [-0.39, 0.29) is 22.9 Å². The molecule has 0 spiro atoms. The first-order valence-corrected chi connectivity index (χ1v) is 9.84. The van der Waals surface area contributed by atoms with Crippen LogP contribution in [-0.4, -0.2) is 35.5 Å². The Balaban J connectivity index is 1.88. The van der Waals surface area contributed by atoms with Crippen molar-refractivity contribution in [1.82, 2.24) is 15.2 Å². The number of nitrogens with zero attached hydrogens (tertiary/aromatic N) is 1. The fraction of sp³-hybridized carbons (Fsp3) is 0.400. The number of piperidine rings is 1. The number of halogens is 2. The van der Waals surface area contributed by atoms with Gasteiger partial charge in [-0.1, -0.05) is 18.5 Å². The van der Waals surface area contributed by atoms with Crippen molar-refractivity contribution in [2.45, 2.75) is 38.6 Å². The minimum Gasteiger partial charge on any atom is -0.348 e. The average Bonchev–Trinajstić information content (AvgIpc) is 3.09. The zero-order valence-electron chi connectivity index (χ0n) is 15.7. The van der Waals surface area contributed by atoms with Crippen LogP contribution in [0, 0.1) is 5.82 Å². The lowest BCUT2D eigenvalue weighted by atomic mass is 10.1. The molecule has 0 unspecified atom stereocenters. The Labute approximate surface area is 168 Å². The van der Waals surface area contributed by atoms with Gasteiger partial charge in [-0.2, -0.15) is 0 Å². The third-order valence-corrected chi connectivity index (χ3v) is 4.96. The summed E-state index contributed by atoms with van der Waals surface area (Å²) in [5, 5.41) is 9.07. The maximum atomic E-state index is 13.8. The number of aromatic nitrogens is 1. The first kappa shape index (κ1) is 20.4. The average molecular weight is 407 g/mol.